The second-order valence-corrected chi connectivity index (χ2v) is 24.2. The van der Waals surface area contributed by atoms with Crippen LogP contribution in [0, 0.1) is 0 Å². The maximum absolute atomic E-state index is 14.0. The third-order valence-corrected chi connectivity index (χ3v) is 17.1. The molecule has 0 spiro atoms. The van der Waals surface area contributed by atoms with Gasteiger partial charge in [-0.2, -0.15) is 16.7 Å². The minimum Gasteiger partial charge on any atom is -0.481 e. The van der Waals surface area contributed by atoms with Crippen LogP contribution in [0.1, 0.15) is 71.6 Å². The van der Waals surface area contributed by atoms with Gasteiger partial charge in [0.1, 0.15) is 42.9 Å². The molecule has 94 heavy (non-hydrogen) atoms. The normalized spacial score (nSPS) is 13.3. The molecule has 0 unspecified atom stereocenters. The molecule has 0 aliphatic heterocycles. The zero-order chi connectivity index (χ0) is 68.6. The highest BCUT2D eigenvalue weighted by molar-refractivity contribution is 8.76. The van der Waals surface area contributed by atoms with E-state index >= 15 is 0 Å². The van der Waals surface area contributed by atoms with Gasteiger partial charge in [0.05, 0.1) is 37.7 Å². The zero-order valence-electron chi connectivity index (χ0n) is 49.3. The predicted octanol–water partition coefficient (Wildman–Crippen LogP) is -0.668. The molecular weight excluding hydrogens is 1300 g/mol. The number of carboxylic acids is 5. The Hall–Kier alpha value is -10.6. The van der Waals surface area contributed by atoms with E-state index in [1.807, 2.05) is 59.2 Å². The van der Waals surface area contributed by atoms with Crippen molar-refractivity contribution in [2.45, 2.75) is 87.2 Å². The van der Waals surface area contributed by atoms with Crippen molar-refractivity contribution in [1.82, 2.24) is 57.2 Å². The minimum atomic E-state index is -2.26. The number of nitrogens with one attached hydrogen (secondary N) is 9. The summed E-state index contributed by atoms with van der Waals surface area (Å²) in [7, 11) is 1.98. The number of aliphatic carboxylic acids is 5. The highest BCUT2D eigenvalue weighted by Gasteiger charge is 2.36. The van der Waals surface area contributed by atoms with E-state index in [-0.39, 0.29) is 65.4 Å². The molecule has 0 fully saturated rings. The summed E-state index contributed by atoms with van der Waals surface area (Å²) in [5, 5.41) is 67.3. The number of anilines is 2. The Morgan fingerprint density at radius 3 is 1.71 bits per heavy atom. The Labute approximate surface area is 543 Å². The van der Waals surface area contributed by atoms with Crippen molar-refractivity contribution in [2.24, 2.45) is 5.73 Å². The number of carbonyl (C=O) groups is 13. The number of carbonyl (C=O) groups excluding carboxylic acids is 8. The molecule has 1 aliphatic rings. The first kappa shape index (κ1) is 72.5. The fraction of sp³-hybridized carbons (Fsp3) is 0.351. The number of thioether (sulfide) groups is 1. The maximum atomic E-state index is 14.0. The van der Waals surface area contributed by atoms with Gasteiger partial charge in [0.25, 0.3) is 11.5 Å². The van der Waals surface area contributed by atoms with Gasteiger partial charge in [-0.3, -0.25) is 57.7 Å². The Kier molecular flexibility index (Phi) is 27.2. The number of nitrogens with two attached hydrogens (primary N) is 2. The van der Waals surface area contributed by atoms with Crippen LogP contribution in [0.15, 0.2) is 83.8 Å². The van der Waals surface area contributed by atoms with E-state index in [1.54, 1.807) is 0 Å². The van der Waals surface area contributed by atoms with E-state index in [2.05, 4.69) is 56.6 Å². The van der Waals surface area contributed by atoms with Crippen LogP contribution in [0.4, 0.5) is 16.4 Å². The number of primary amides is 1. The van der Waals surface area contributed by atoms with Gasteiger partial charge in [0.2, 0.25) is 41.4 Å². The van der Waals surface area contributed by atoms with Crippen molar-refractivity contribution in [3.05, 3.63) is 112 Å². The molecule has 1 aliphatic carbocycles. The van der Waals surface area contributed by atoms with Crippen molar-refractivity contribution in [3.63, 3.8) is 0 Å². The molecule has 8 amide bonds. The van der Waals surface area contributed by atoms with Gasteiger partial charge in [-0.05, 0) is 52.9 Å². The molecule has 500 valence electrons. The lowest BCUT2D eigenvalue weighted by Gasteiger charge is -2.26. The fourth-order valence-corrected chi connectivity index (χ4v) is 12.2. The number of ether oxygens (including phenoxy) is 1. The largest absolute Gasteiger partial charge is 0.481 e. The van der Waals surface area contributed by atoms with Crippen molar-refractivity contribution in [2.75, 3.05) is 47.2 Å². The highest BCUT2D eigenvalue weighted by Crippen LogP contribution is 2.45. The number of fused-ring (bicyclic) bond motifs is 4. The van der Waals surface area contributed by atoms with Crippen LogP contribution in [-0.4, -0.2) is 195 Å². The molecule has 37 heteroatoms. The van der Waals surface area contributed by atoms with Crippen molar-refractivity contribution in [3.8, 4) is 11.1 Å². The van der Waals surface area contributed by atoms with E-state index in [0.717, 1.165) is 43.8 Å². The molecule has 0 saturated carbocycles. The second kappa shape index (κ2) is 35.3. The first-order chi connectivity index (χ1) is 44.8. The topological polar surface area (TPSA) is 552 Å². The lowest BCUT2D eigenvalue weighted by molar-refractivity contribution is -0.144. The van der Waals surface area contributed by atoms with E-state index in [4.69, 9.17) is 11.5 Å². The summed E-state index contributed by atoms with van der Waals surface area (Å²) in [6.07, 6.45) is -5.03. The molecule has 0 bridgehead atoms. The third-order valence-electron chi connectivity index (χ3n) is 13.6. The van der Waals surface area contributed by atoms with Gasteiger partial charge in [-0.25, -0.2) is 24.4 Å². The number of rotatable bonds is 38. The lowest BCUT2D eigenvalue weighted by atomic mass is 9.99. The molecule has 6 atom stereocenters. The number of aromatic nitrogens is 4. The van der Waals surface area contributed by atoms with Gasteiger partial charge in [-0.15, -0.1) is 0 Å². The Morgan fingerprint density at radius 1 is 0.606 bits per heavy atom. The molecular formula is C57H64N14O20S3. The van der Waals surface area contributed by atoms with E-state index in [0.29, 0.717) is 17.1 Å². The molecule has 0 saturated heterocycles. The highest BCUT2D eigenvalue weighted by atomic mass is 33.1. The SMILES string of the molecule is NC(=O)OCCSSC[C@H](NC(=O)[C@H](CNC(=O)CCSCC1c2ccccc2-c2ccccc21)NC(=O)[C@H](CC(=O)O)NC(=O)[C@H](CC(=O)O)NC(=O)[C@H](CC(=O)O)NC(=O)CC[C@H](NC(=O)c1ccc(NCc2cnc3nc(N)[nH]c(=O)c3n2)cc1)C(=O)O)C(=O)O. The zero-order valence-corrected chi connectivity index (χ0v) is 51.8. The third kappa shape index (κ3) is 22.4. The molecule has 2 heterocycles. The fourth-order valence-electron chi connectivity index (χ4n) is 9.12. The van der Waals surface area contributed by atoms with Crippen LogP contribution in [0.2, 0.25) is 0 Å². The van der Waals surface area contributed by atoms with Crippen molar-refractivity contribution >= 4 is 133 Å². The summed E-state index contributed by atoms with van der Waals surface area (Å²) in [4.78, 5) is 193. The monoisotopic (exact) mass is 1360 g/mol. The number of nitrogen functional groups attached to an aromatic ring is 1. The minimum absolute atomic E-state index is 0.0261. The Morgan fingerprint density at radius 2 is 1.15 bits per heavy atom. The van der Waals surface area contributed by atoms with Crippen LogP contribution >= 0.6 is 33.3 Å². The van der Waals surface area contributed by atoms with Gasteiger partial charge >= 0.3 is 35.9 Å². The van der Waals surface area contributed by atoms with Gasteiger partial charge < -0.3 is 84.3 Å². The summed E-state index contributed by atoms with van der Waals surface area (Å²) in [5.74, 6) is -16.3. The van der Waals surface area contributed by atoms with Crippen LogP contribution in [-0.2, 0) is 64.0 Å². The second-order valence-electron chi connectivity index (χ2n) is 20.4. The quantitative estimate of drug-likeness (QED) is 0.0172. The first-order valence-corrected chi connectivity index (χ1v) is 31.9. The van der Waals surface area contributed by atoms with Crippen LogP contribution < -0.4 is 59.6 Å². The Balaban J connectivity index is 1.07. The number of aromatic amines is 1. The van der Waals surface area contributed by atoms with E-state index in [9.17, 15) is 92.7 Å². The average molecular weight is 1360 g/mol. The predicted molar refractivity (Wildman–Crippen MR) is 337 cm³/mol. The number of hydrogen-bond donors (Lipinski definition) is 16. The average Bonchev–Trinajstić information content (AvgIpc) is 1.61. The summed E-state index contributed by atoms with van der Waals surface area (Å²) >= 11 is 1.47. The van der Waals surface area contributed by atoms with Crippen LogP contribution in [0.3, 0.4) is 0 Å². The lowest BCUT2D eigenvalue weighted by Crippen LogP contribution is -2.61. The van der Waals surface area contributed by atoms with Crippen molar-refractivity contribution in [1.29, 1.82) is 0 Å². The number of benzene rings is 3. The number of hydrogen-bond acceptors (Lipinski definition) is 23. The van der Waals surface area contributed by atoms with E-state index < -0.39 is 158 Å². The molecule has 6 rings (SSSR count). The van der Waals surface area contributed by atoms with Gasteiger partial charge in [0, 0.05) is 59.6 Å². The van der Waals surface area contributed by atoms with Crippen LogP contribution in [0.5, 0.6) is 0 Å². The number of H-pyrrole nitrogens is 1. The number of carboxylic acid groups (broad SMARTS) is 5. The van der Waals surface area contributed by atoms with E-state index in [1.165, 1.54) is 42.2 Å². The smallest absolute Gasteiger partial charge is 0.404 e. The molecule has 5 aromatic rings. The molecule has 0 radical (unpaired) electrons. The molecule has 34 nitrogen and oxygen atoms in total. The number of nitrogens with zero attached hydrogens (tertiary/aromatic N) is 3. The summed E-state index contributed by atoms with van der Waals surface area (Å²) < 4.78 is 4.63. The molecule has 2 aromatic heterocycles. The Bertz CT molecular complexity index is 3690. The maximum Gasteiger partial charge on any atom is 0.404 e. The molecule has 18 N–H and O–H groups in total. The van der Waals surface area contributed by atoms with Gasteiger partial charge in [0.15, 0.2) is 11.2 Å². The summed E-state index contributed by atoms with van der Waals surface area (Å²) in [6, 6.07) is 9.56. The van der Waals surface area contributed by atoms with Crippen molar-refractivity contribution < 1.29 is 92.6 Å². The molecule has 3 aromatic carbocycles. The van der Waals surface area contributed by atoms with Gasteiger partial charge in [-0.1, -0.05) is 70.1 Å². The number of amides is 8. The first-order valence-electron chi connectivity index (χ1n) is 28.2. The summed E-state index contributed by atoms with van der Waals surface area (Å²) in [5.41, 5.74) is 15.1. The summed E-state index contributed by atoms with van der Waals surface area (Å²) in [6.45, 7) is -0.801. The standard InChI is InChI=1S/C57H64N14O20S3/c58-56-70-47-46(53(85)71-56)63-29(23-62-47)22-60-28-11-9-27(10-12-28)48(80)65-35(54(86)87)13-14-42(73)64-36(19-43(74)75)49(81)66-37(20-44(76)77)50(82)67-38(21-45(78)79)51(83)68-39(52(84)69-40(55(88)89)26-94-93-18-16-91-57(59)90)24-61-41(72)15-17-92-25-34-32-7-3-1-5-30(32)31-6-2-4-8-33(31)34/h1-12,23,34-40,60H,13-22,24-26H2,(H2,59,90)(H,61,72)(H,64,73)(H,65,80)(H,66,81)(H,67,82)(H,68,83)(H,69,84)(H,74,75)(H,76,77)(H,78,79)(H,86,87)(H,88,89)(H3,58,62,70,71,85)/t35-,36-,37-,38-,39-,40-/m0/s1. The van der Waals surface area contributed by atoms with Crippen LogP contribution in [0.25, 0.3) is 22.3 Å².